The third-order valence-electron chi connectivity index (χ3n) is 1.03. The highest BCUT2D eigenvalue weighted by molar-refractivity contribution is 4.90. The lowest BCUT2D eigenvalue weighted by Gasteiger charge is -2.13. The van der Waals surface area contributed by atoms with Gasteiger partial charge in [-0.3, -0.25) is 0 Å². The van der Waals surface area contributed by atoms with Gasteiger partial charge in [0, 0.05) is 0 Å². The van der Waals surface area contributed by atoms with Crippen LogP contribution in [0.1, 0.15) is 27.2 Å². The lowest BCUT2D eigenvalue weighted by molar-refractivity contribution is 0.0836. The van der Waals surface area contributed by atoms with Crippen molar-refractivity contribution in [3.63, 3.8) is 0 Å². The van der Waals surface area contributed by atoms with Gasteiger partial charge in [0.2, 0.25) is 0 Å². The van der Waals surface area contributed by atoms with Crippen LogP contribution in [0.25, 0.3) is 0 Å². The molecule has 0 amide bonds. The van der Waals surface area contributed by atoms with Crippen LogP contribution in [0.15, 0.2) is 12.2 Å². The first-order chi connectivity index (χ1) is 4.42. The van der Waals surface area contributed by atoms with Crippen molar-refractivity contribution in [2.24, 2.45) is 0 Å². The number of aliphatic hydroxyl groups is 2. The molecule has 1 atom stereocenters. The second-order valence-corrected chi connectivity index (χ2v) is 3.19. The smallest absolute Gasteiger partial charge is 0.0692 e. The Hall–Kier alpha value is -0.340. The molecule has 2 heteroatoms. The van der Waals surface area contributed by atoms with Crippen molar-refractivity contribution < 1.29 is 10.2 Å². The summed E-state index contributed by atoms with van der Waals surface area (Å²) < 4.78 is 0. The summed E-state index contributed by atoms with van der Waals surface area (Å²) in [7, 11) is 0. The maximum Gasteiger partial charge on any atom is 0.0692 e. The van der Waals surface area contributed by atoms with E-state index in [1.807, 2.05) is 0 Å². The van der Waals surface area contributed by atoms with Gasteiger partial charge in [-0.25, -0.2) is 0 Å². The van der Waals surface area contributed by atoms with E-state index in [9.17, 15) is 5.11 Å². The molecule has 60 valence electrons. The van der Waals surface area contributed by atoms with Gasteiger partial charge in [-0.05, 0) is 27.2 Å². The highest BCUT2D eigenvalue weighted by Gasteiger charge is 2.08. The standard InChI is InChI=1S/C8H16O2/c1-7(9)5-4-6-8(2,3)10/h4-5,7,9-10H,6H2,1-3H3/b5-4+/t7-/m1/s1. The quantitative estimate of drug-likeness (QED) is 0.582. The first kappa shape index (κ1) is 9.66. The second kappa shape index (κ2) is 3.74. The zero-order chi connectivity index (χ0) is 8.20. The molecule has 0 aromatic heterocycles. The van der Waals surface area contributed by atoms with E-state index in [1.165, 1.54) is 0 Å². The van der Waals surface area contributed by atoms with Crippen molar-refractivity contribution in [2.75, 3.05) is 0 Å². The maximum atomic E-state index is 9.20. The van der Waals surface area contributed by atoms with Crippen LogP contribution in [-0.4, -0.2) is 21.9 Å². The van der Waals surface area contributed by atoms with E-state index in [4.69, 9.17) is 5.11 Å². The molecule has 0 radical (unpaired) electrons. The number of hydrogen-bond acceptors (Lipinski definition) is 2. The zero-order valence-electron chi connectivity index (χ0n) is 6.83. The van der Waals surface area contributed by atoms with Crippen molar-refractivity contribution in [1.29, 1.82) is 0 Å². The summed E-state index contributed by atoms with van der Waals surface area (Å²) in [5, 5.41) is 18.0. The van der Waals surface area contributed by atoms with Gasteiger partial charge in [-0.15, -0.1) is 0 Å². The summed E-state index contributed by atoms with van der Waals surface area (Å²) in [5.41, 5.74) is -0.661. The molecule has 0 unspecified atom stereocenters. The summed E-state index contributed by atoms with van der Waals surface area (Å²) >= 11 is 0. The normalized spacial score (nSPS) is 16.1. The lowest BCUT2D eigenvalue weighted by atomic mass is 10.1. The molecule has 0 bridgehead atoms. The van der Waals surface area contributed by atoms with Crippen LogP contribution >= 0.6 is 0 Å². The van der Waals surface area contributed by atoms with Crippen molar-refractivity contribution in [3.05, 3.63) is 12.2 Å². The number of aliphatic hydroxyl groups excluding tert-OH is 1. The van der Waals surface area contributed by atoms with Crippen LogP contribution in [0.2, 0.25) is 0 Å². The molecule has 0 saturated heterocycles. The minimum Gasteiger partial charge on any atom is -0.390 e. The summed E-state index contributed by atoms with van der Waals surface area (Å²) in [5.74, 6) is 0. The van der Waals surface area contributed by atoms with E-state index in [2.05, 4.69) is 0 Å². The first-order valence-electron chi connectivity index (χ1n) is 3.49. The average molecular weight is 144 g/mol. The summed E-state index contributed by atoms with van der Waals surface area (Å²) in [6.07, 6.45) is 3.61. The molecule has 2 N–H and O–H groups in total. The topological polar surface area (TPSA) is 40.5 Å². The highest BCUT2D eigenvalue weighted by atomic mass is 16.3. The van der Waals surface area contributed by atoms with E-state index in [0.29, 0.717) is 6.42 Å². The molecule has 2 nitrogen and oxygen atoms in total. The molecule has 0 aliphatic rings. The molecule has 0 fully saturated rings. The fourth-order valence-electron chi connectivity index (χ4n) is 0.553. The Kier molecular flexibility index (Phi) is 3.61. The molecule has 10 heavy (non-hydrogen) atoms. The molecule has 0 aliphatic carbocycles. The number of rotatable bonds is 3. The Morgan fingerprint density at radius 3 is 2.30 bits per heavy atom. The zero-order valence-corrected chi connectivity index (χ0v) is 6.83. The van der Waals surface area contributed by atoms with Crippen molar-refractivity contribution in [3.8, 4) is 0 Å². The van der Waals surface area contributed by atoms with Crippen molar-refractivity contribution in [2.45, 2.75) is 38.9 Å². The molecule has 0 aliphatic heterocycles. The molecular formula is C8H16O2. The minimum atomic E-state index is -0.661. The van der Waals surface area contributed by atoms with E-state index >= 15 is 0 Å². The SMILES string of the molecule is C[C@@H](O)/C=C/CC(C)(C)O. The third-order valence-corrected chi connectivity index (χ3v) is 1.03. The molecule has 0 aromatic carbocycles. The van der Waals surface area contributed by atoms with Gasteiger partial charge in [0.15, 0.2) is 0 Å². The molecule has 0 saturated carbocycles. The largest absolute Gasteiger partial charge is 0.390 e. The van der Waals surface area contributed by atoms with Gasteiger partial charge >= 0.3 is 0 Å². The predicted octanol–water partition coefficient (Wildman–Crippen LogP) is 1.08. The minimum absolute atomic E-state index is 0.414. The Morgan fingerprint density at radius 1 is 1.50 bits per heavy atom. The van der Waals surface area contributed by atoms with E-state index in [0.717, 1.165) is 0 Å². The summed E-state index contributed by atoms with van der Waals surface area (Å²) in [6, 6.07) is 0. The number of hydrogen-bond donors (Lipinski definition) is 2. The van der Waals surface area contributed by atoms with Crippen LogP contribution in [0.4, 0.5) is 0 Å². The highest BCUT2D eigenvalue weighted by Crippen LogP contribution is 2.07. The second-order valence-electron chi connectivity index (χ2n) is 3.19. The monoisotopic (exact) mass is 144 g/mol. The van der Waals surface area contributed by atoms with Gasteiger partial charge in [-0.1, -0.05) is 12.2 Å². The van der Waals surface area contributed by atoms with Crippen LogP contribution in [-0.2, 0) is 0 Å². The van der Waals surface area contributed by atoms with Gasteiger partial charge in [0.05, 0.1) is 11.7 Å². The van der Waals surface area contributed by atoms with Gasteiger partial charge in [0.25, 0.3) is 0 Å². The van der Waals surface area contributed by atoms with E-state index in [1.54, 1.807) is 32.9 Å². The van der Waals surface area contributed by atoms with Crippen molar-refractivity contribution >= 4 is 0 Å². The van der Waals surface area contributed by atoms with Crippen LogP contribution in [0, 0.1) is 0 Å². The van der Waals surface area contributed by atoms with Gasteiger partial charge in [0.1, 0.15) is 0 Å². The predicted molar refractivity (Wildman–Crippen MR) is 41.7 cm³/mol. The molecule has 0 aromatic rings. The Morgan fingerprint density at radius 2 is 2.00 bits per heavy atom. The lowest BCUT2D eigenvalue weighted by Crippen LogP contribution is -2.16. The first-order valence-corrected chi connectivity index (χ1v) is 3.49. The Balaban J connectivity index is 3.54. The maximum absolute atomic E-state index is 9.20. The Bertz CT molecular complexity index is 109. The fraction of sp³-hybridized carbons (Fsp3) is 0.750. The van der Waals surface area contributed by atoms with Crippen LogP contribution < -0.4 is 0 Å². The molecular weight excluding hydrogens is 128 g/mol. The average Bonchev–Trinajstić information content (AvgIpc) is 1.59. The summed E-state index contributed by atoms with van der Waals surface area (Å²) in [4.78, 5) is 0. The van der Waals surface area contributed by atoms with Gasteiger partial charge in [-0.2, -0.15) is 0 Å². The molecule has 0 spiro atoms. The van der Waals surface area contributed by atoms with Crippen LogP contribution in [0.5, 0.6) is 0 Å². The summed E-state index contributed by atoms with van der Waals surface area (Å²) in [6.45, 7) is 5.15. The molecule has 0 rings (SSSR count). The van der Waals surface area contributed by atoms with E-state index < -0.39 is 11.7 Å². The fourth-order valence-corrected chi connectivity index (χ4v) is 0.553. The third kappa shape index (κ3) is 7.66. The van der Waals surface area contributed by atoms with Crippen molar-refractivity contribution in [1.82, 2.24) is 0 Å². The van der Waals surface area contributed by atoms with Crippen LogP contribution in [0.3, 0.4) is 0 Å². The van der Waals surface area contributed by atoms with Gasteiger partial charge < -0.3 is 10.2 Å². The molecule has 0 heterocycles. The Labute approximate surface area is 62.2 Å². The van der Waals surface area contributed by atoms with E-state index in [-0.39, 0.29) is 0 Å².